The Balaban J connectivity index is 1.40. The lowest BCUT2D eigenvalue weighted by molar-refractivity contribution is -0.118. The quantitative estimate of drug-likeness (QED) is 0.358. The Morgan fingerprint density at radius 3 is 2.53 bits per heavy atom. The molecule has 0 bridgehead atoms. The number of ether oxygens (including phenoxy) is 1. The highest BCUT2D eigenvalue weighted by atomic mass is 16.5. The summed E-state index contributed by atoms with van der Waals surface area (Å²) in [4.78, 5) is 17.0. The monoisotopic (exact) mass is 428 g/mol. The highest BCUT2D eigenvalue weighted by molar-refractivity contribution is 5.94. The van der Waals surface area contributed by atoms with E-state index in [-0.39, 0.29) is 12.5 Å². The minimum atomic E-state index is -0.228. The van der Waals surface area contributed by atoms with E-state index in [9.17, 15) is 4.79 Å². The Hall–Kier alpha value is -3.60. The van der Waals surface area contributed by atoms with E-state index in [1.54, 1.807) is 6.07 Å². The Morgan fingerprint density at radius 1 is 1.03 bits per heavy atom. The Morgan fingerprint density at radius 2 is 1.81 bits per heavy atom. The first kappa shape index (κ1) is 21.6. The van der Waals surface area contributed by atoms with Gasteiger partial charge in [-0.2, -0.15) is 0 Å². The number of rotatable bonds is 7. The molecule has 164 valence electrons. The van der Waals surface area contributed by atoms with Crippen molar-refractivity contribution in [2.45, 2.75) is 40.0 Å². The van der Waals surface area contributed by atoms with Crippen LogP contribution in [0.5, 0.6) is 5.75 Å². The second-order valence-corrected chi connectivity index (χ2v) is 8.22. The van der Waals surface area contributed by atoms with Crippen molar-refractivity contribution >= 4 is 22.7 Å². The number of nitrogens with one attached hydrogen (secondary N) is 1. The third-order valence-electron chi connectivity index (χ3n) is 5.86. The van der Waals surface area contributed by atoms with E-state index in [4.69, 9.17) is 9.15 Å². The maximum Gasteiger partial charge on any atom is 0.262 e. The van der Waals surface area contributed by atoms with Gasteiger partial charge in [-0.25, -0.2) is 4.98 Å². The van der Waals surface area contributed by atoms with Gasteiger partial charge in [0.05, 0.1) is 0 Å². The molecule has 1 N–H and O–H groups in total. The second-order valence-electron chi connectivity index (χ2n) is 8.22. The number of benzene rings is 3. The zero-order valence-electron chi connectivity index (χ0n) is 18.9. The van der Waals surface area contributed by atoms with Gasteiger partial charge in [-0.3, -0.25) is 4.79 Å². The summed E-state index contributed by atoms with van der Waals surface area (Å²) in [7, 11) is 0. The summed E-state index contributed by atoms with van der Waals surface area (Å²) >= 11 is 0. The van der Waals surface area contributed by atoms with Gasteiger partial charge in [-0.05, 0) is 85.3 Å². The van der Waals surface area contributed by atoms with Crippen LogP contribution < -0.4 is 10.1 Å². The number of oxazole rings is 1. The molecule has 1 amide bonds. The second kappa shape index (κ2) is 9.27. The molecule has 0 saturated heterocycles. The van der Waals surface area contributed by atoms with Crippen molar-refractivity contribution < 1.29 is 13.9 Å². The molecule has 32 heavy (non-hydrogen) atoms. The molecular formula is C27H28N2O3. The molecule has 1 heterocycles. The maximum atomic E-state index is 12.4. The molecule has 0 unspecified atom stereocenters. The van der Waals surface area contributed by atoms with Crippen molar-refractivity contribution in [3.05, 3.63) is 77.4 Å². The van der Waals surface area contributed by atoms with Gasteiger partial charge in [-0.1, -0.05) is 32.0 Å². The number of carbonyl (C=O) groups excluding carboxylic acids is 1. The highest BCUT2D eigenvalue weighted by Gasteiger charge is 2.11. The molecule has 1 atom stereocenters. The van der Waals surface area contributed by atoms with Crippen LogP contribution in [0.2, 0.25) is 0 Å². The van der Waals surface area contributed by atoms with Crippen LogP contribution in [-0.2, 0) is 4.79 Å². The van der Waals surface area contributed by atoms with E-state index >= 15 is 0 Å². The fourth-order valence-electron chi connectivity index (χ4n) is 3.48. The number of hydrogen-bond donors (Lipinski definition) is 1. The van der Waals surface area contributed by atoms with Gasteiger partial charge in [0.2, 0.25) is 5.89 Å². The van der Waals surface area contributed by atoms with E-state index in [0.717, 1.165) is 12.0 Å². The summed E-state index contributed by atoms with van der Waals surface area (Å²) in [5.74, 6) is 1.52. The van der Waals surface area contributed by atoms with Crippen molar-refractivity contribution in [3.63, 3.8) is 0 Å². The highest BCUT2D eigenvalue weighted by Crippen LogP contribution is 2.27. The topological polar surface area (TPSA) is 64.4 Å². The molecule has 3 aromatic carbocycles. The molecule has 1 aromatic heterocycles. The van der Waals surface area contributed by atoms with Crippen LogP contribution in [0.3, 0.4) is 0 Å². The minimum Gasteiger partial charge on any atom is -0.484 e. The average Bonchev–Trinajstić information content (AvgIpc) is 3.23. The summed E-state index contributed by atoms with van der Waals surface area (Å²) in [6.07, 6.45) is 1.09. The lowest BCUT2D eigenvalue weighted by atomic mass is 9.99. The molecule has 5 nitrogen and oxygen atoms in total. The predicted molar refractivity (Wildman–Crippen MR) is 128 cm³/mol. The predicted octanol–water partition coefficient (Wildman–Crippen LogP) is 6.64. The van der Waals surface area contributed by atoms with Crippen LogP contribution in [-0.4, -0.2) is 17.5 Å². The third-order valence-corrected chi connectivity index (χ3v) is 5.86. The van der Waals surface area contributed by atoms with Crippen LogP contribution in [0, 0.1) is 13.8 Å². The zero-order chi connectivity index (χ0) is 22.7. The molecule has 0 saturated carbocycles. The summed E-state index contributed by atoms with van der Waals surface area (Å²) in [6, 6.07) is 19.5. The molecule has 0 aliphatic heterocycles. The van der Waals surface area contributed by atoms with E-state index in [1.807, 2.05) is 42.5 Å². The smallest absolute Gasteiger partial charge is 0.262 e. The van der Waals surface area contributed by atoms with Crippen molar-refractivity contribution in [1.82, 2.24) is 4.98 Å². The summed E-state index contributed by atoms with van der Waals surface area (Å²) in [6.45, 7) is 8.44. The van der Waals surface area contributed by atoms with Crippen molar-refractivity contribution in [2.75, 3.05) is 11.9 Å². The number of aryl methyl sites for hydroxylation is 2. The molecule has 4 rings (SSSR count). The first-order valence-corrected chi connectivity index (χ1v) is 10.9. The largest absolute Gasteiger partial charge is 0.484 e. The first-order chi connectivity index (χ1) is 15.4. The SMILES string of the molecule is CC[C@H](C)c1ccc(OCC(=O)Nc2ccc3oc(-c4ccc(C)c(C)c4)nc3c2)cc1. The fraction of sp³-hybridized carbons (Fsp3) is 0.259. The van der Waals surface area contributed by atoms with E-state index < -0.39 is 0 Å². The molecule has 5 heteroatoms. The van der Waals surface area contributed by atoms with Crippen molar-refractivity contribution in [2.24, 2.45) is 0 Å². The van der Waals surface area contributed by atoms with Crippen molar-refractivity contribution in [3.8, 4) is 17.2 Å². The van der Waals surface area contributed by atoms with Crippen LogP contribution in [0.1, 0.15) is 42.9 Å². The number of nitrogens with zero attached hydrogens (tertiary/aromatic N) is 1. The number of hydrogen-bond acceptors (Lipinski definition) is 4. The zero-order valence-corrected chi connectivity index (χ0v) is 18.9. The molecule has 0 aliphatic rings. The molecule has 0 spiro atoms. The summed E-state index contributed by atoms with van der Waals surface area (Å²) in [5.41, 5.74) is 6.63. The number of anilines is 1. The number of aromatic nitrogens is 1. The lowest BCUT2D eigenvalue weighted by Crippen LogP contribution is -2.20. The van der Waals surface area contributed by atoms with Gasteiger partial charge in [0.25, 0.3) is 5.91 Å². The molecule has 4 aromatic rings. The Bertz CT molecular complexity index is 1240. The molecule has 0 radical (unpaired) electrons. The van der Waals surface area contributed by atoms with E-state index in [1.165, 1.54) is 16.7 Å². The number of fused-ring (bicyclic) bond motifs is 1. The third kappa shape index (κ3) is 4.83. The number of amides is 1. The first-order valence-electron chi connectivity index (χ1n) is 10.9. The van der Waals surface area contributed by atoms with E-state index in [0.29, 0.717) is 34.3 Å². The lowest BCUT2D eigenvalue weighted by Gasteiger charge is -2.11. The fourth-order valence-corrected chi connectivity index (χ4v) is 3.48. The average molecular weight is 429 g/mol. The molecule has 0 fully saturated rings. The van der Waals surface area contributed by atoms with Gasteiger partial charge in [0.1, 0.15) is 11.3 Å². The van der Waals surface area contributed by atoms with Gasteiger partial charge >= 0.3 is 0 Å². The number of carbonyl (C=O) groups is 1. The Kier molecular flexibility index (Phi) is 6.26. The van der Waals surface area contributed by atoms with Crippen molar-refractivity contribution in [1.29, 1.82) is 0 Å². The summed E-state index contributed by atoms with van der Waals surface area (Å²) < 4.78 is 11.5. The normalized spacial score (nSPS) is 12.0. The van der Waals surface area contributed by atoms with Gasteiger partial charge in [0.15, 0.2) is 12.2 Å². The van der Waals surface area contributed by atoms with Crippen LogP contribution in [0.15, 0.2) is 65.1 Å². The Labute approximate surface area is 188 Å². The van der Waals surface area contributed by atoms with Gasteiger partial charge in [0, 0.05) is 11.3 Å². The van der Waals surface area contributed by atoms with Crippen LogP contribution in [0.25, 0.3) is 22.6 Å². The molecule has 0 aliphatic carbocycles. The van der Waals surface area contributed by atoms with Crippen LogP contribution >= 0.6 is 0 Å². The standard InChI is InChI=1S/C27H28N2O3/c1-5-17(2)20-8-11-23(12-9-20)31-16-26(30)28-22-10-13-25-24(15-22)29-27(32-25)21-7-6-18(3)19(4)14-21/h6-15,17H,5,16H2,1-4H3,(H,28,30)/t17-/m0/s1. The minimum absolute atomic E-state index is 0.0621. The maximum absolute atomic E-state index is 12.4. The van der Waals surface area contributed by atoms with Gasteiger partial charge < -0.3 is 14.5 Å². The molecular weight excluding hydrogens is 400 g/mol. The summed E-state index contributed by atoms with van der Waals surface area (Å²) in [5, 5.41) is 2.86. The van der Waals surface area contributed by atoms with Crippen LogP contribution in [0.4, 0.5) is 5.69 Å². The van der Waals surface area contributed by atoms with Gasteiger partial charge in [-0.15, -0.1) is 0 Å². The van der Waals surface area contributed by atoms with E-state index in [2.05, 4.69) is 50.1 Å².